The Balaban J connectivity index is 1.81. The zero-order valence-corrected chi connectivity index (χ0v) is 12.2. The minimum absolute atomic E-state index is 0.0663. The van der Waals surface area contributed by atoms with Crippen LogP contribution in [0.15, 0.2) is 0 Å². The predicted octanol–water partition coefficient (Wildman–Crippen LogP) is 0.330. The van der Waals surface area contributed by atoms with Crippen LogP contribution in [0.25, 0.3) is 0 Å². The normalized spacial score (nSPS) is 27.9. The first-order valence-electron chi connectivity index (χ1n) is 6.23. The Kier molecular flexibility index (Phi) is 5.65. The number of nitrogens with zero attached hydrogens (tertiary/aromatic N) is 1. The molecule has 8 heteroatoms. The van der Waals surface area contributed by atoms with Crippen molar-refractivity contribution >= 4 is 35.5 Å². The van der Waals surface area contributed by atoms with Crippen LogP contribution in [-0.4, -0.2) is 76.9 Å². The van der Waals surface area contributed by atoms with Crippen molar-refractivity contribution in [2.24, 2.45) is 0 Å². The third-order valence-electron chi connectivity index (χ3n) is 3.04. The van der Waals surface area contributed by atoms with Crippen molar-refractivity contribution in [2.75, 3.05) is 43.6 Å². The third kappa shape index (κ3) is 4.19. The van der Waals surface area contributed by atoms with Crippen molar-refractivity contribution in [3.8, 4) is 0 Å². The van der Waals surface area contributed by atoms with Gasteiger partial charge in [-0.1, -0.05) is 0 Å². The molecular weight excluding hydrogens is 288 g/mol. The fourth-order valence-corrected chi connectivity index (χ4v) is 4.62. The van der Waals surface area contributed by atoms with E-state index >= 15 is 0 Å². The number of morpholine rings is 1. The molecule has 2 saturated heterocycles. The lowest BCUT2D eigenvalue weighted by atomic mass is 10.2. The molecule has 6 nitrogen and oxygen atoms in total. The van der Waals surface area contributed by atoms with Gasteiger partial charge < -0.3 is 20.1 Å². The van der Waals surface area contributed by atoms with E-state index in [9.17, 15) is 9.59 Å². The van der Waals surface area contributed by atoms with Crippen molar-refractivity contribution in [2.45, 2.75) is 11.3 Å². The minimum Gasteiger partial charge on any atom is -0.480 e. The number of nitrogens with one attached hydrogen (secondary N) is 1. The number of carbonyl (C=O) groups is 2. The first kappa shape index (κ1) is 14.8. The average molecular weight is 306 g/mol. The number of thioether (sulfide) groups is 2. The van der Waals surface area contributed by atoms with Crippen LogP contribution in [0.1, 0.15) is 0 Å². The molecule has 2 unspecified atom stereocenters. The van der Waals surface area contributed by atoms with Gasteiger partial charge in [0, 0.05) is 35.6 Å². The number of carbonyl (C=O) groups excluding carboxylic acids is 1. The van der Waals surface area contributed by atoms with Gasteiger partial charge in [-0.25, -0.2) is 9.59 Å². The molecule has 2 N–H and O–H groups in total. The molecule has 0 bridgehead atoms. The summed E-state index contributed by atoms with van der Waals surface area (Å²) in [5.41, 5.74) is 0. The fraction of sp³-hybridized carbons (Fsp3) is 0.818. The molecule has 0 aromatic heterocycles. The first-order valence-corrected chi connectivity index (χ1v) is 8.43. The van der Waals surface area contributed by atoms with Gasteiger partial charge in [-0.15, -0.1) is 0 Å². The molecule has 2 aliphatic rings. The average Bonchev–Trinajstić information content (AvgIpc) is 2.46. The molecular formula is C11H18N2O4S2. The van der Waals surface area contributed by atoms with Gasteiger partial charge in [0.05, 0.1) is 13.2 Å². The minimum atomic E-state index is -1.02. The van der Waals surface area contributed by atoms with Crippen LogP contribution in [0.5, 0.6) is 0 Å². The fourth-order valence-electron chi connectivity index (χ4n) is 2.01. The lowest BCUT2D eigenvalue weighted by molar-refractivity contribution is -0.147. The van der Waals surface area contributed by atoms with Crippen LogP contribution < -0.4 is 5.32 Å². The van der Waals surface area contributed by atoms with Crippen LogP contribution >= 0.6 is 23.5 Å². The van der Waals surface area contributed by atoms with E-state index < -0.39 is 12.0 Å². The van der Waals surface area contributed by atoms with Gasteiger partial charge in [0.1, 0.15) is 0 Å². The number of amides is 2. The Hall–Kier alpha value is -0.600. The molecule has 0 aliphatic carbocycles. The van der Waals surface area contributed by atoms with Gasteiger partial charge >= 0.3 is 12.0 Å². The molecule has 108 valence electrons. The second kappa shape index (κ2) is 7.25. The second-order valence-electron chi connectivity index (χ2n) is 4.38. The number of hydrogen-bond donors (Lipinski definition) is 2. The number of urea groups is 1. The standard InChI is InChI=1S/C11H18N2O4S2/c14-10(15)9-6-17-2-1-13(9)11(16)12-5-8-7-18-3-4-19-8/h8-9H,1-7H2,(H,12,16)(H,14,15). The molecule has 2 aliphatic heterocycles. The molecule has 2 heterocycles. The quantitative estimate of drug-likeness (QED) is 0.782. The summed E-state index contributed by atoms with van der Waals surface area (Å²) in [6.07, 6.45) is 0. The van der Waals surface area contributed by atoms with Crippen molar-refractivity contribution in [3.05, 3.63) is 0 Å². The zero-order chi connectivity index (χ0) is 13.7. The van der Waals surface area contributed by atoms with Gasteiger partial charge in [0.15, 0.2) is 6.04 Å². The number of carboxylic acids is 1. The highest BCUT2D eigenvalue weighted by Crippen LogP contribution is 2.23. The zero-order valence-electron chi connectivity index (χ0n) is 10.5. The molecule has 2 fully saturated rings. The van der Waals surface area contributed by atoms with E-state index in [1.165, 1.54) is 10.7 Å². The Morgan fingerprint density at radius 3 is 2.95 bits per heavy atom. The summed E-state index contributed by atoms with van der Waals surface area (Å²) >= 11 is 3.76. The maximum atomic E-state index is 12.0. The summed E-state index contributed by atoms with van der Waals surface area (Å²) in [4.78, 5) is 24.5. The third-order valence-corrected chi connectivity index (χ3v) is 5.89. The summed E-state index contributed by atoms with van der Waals surface area (Å²) in [7, 11) is 0. The molecule has 0 aromatic carbocycles. The Morgan fingerprint density at radius 2 is 2.26 bits per heavy atom. The Morgan fingerprint density at radius 1 is 1.42 bits per heavy atom. The maximum absolute atomic E-state index is 12.0. The van der Waals surface area contributed by atoms with E-state index in [0.717, 1.165) is 11.5 Å². The second-order valence-corrected chi connectivity index (χ2v) is 6.93. The van der Waals surface area contributed by atoms with Gasteiger partial charge in [-0.3, -0.25) is 0 Å². The molecule has 0 saturated carbocycles. The molecule has 2 rings (SSSR count). The van der Waals surface area contributed by atoms with Crippen molar-refractivity contribution < 1.29 is 19.4 Å². The highest BCUT2D eigenvalue weighted by atomic mass is 32.2. The largest absolute Gasteiger partial charge is 0.480 e. The van der Waals surface area contributed by atoms with E-state index in [0.29, 0.717) is 24.9 Å². The van der Waals surface area contributed by atoms with E-state index in [1.54, 1.807) is 0 Å². The number of rotatable bonds is 3. The van der Waals surface area contributed by atoms with Crippen LogP contribution in [-0.2, 0) is 9.53 Å². The number of ether oxygens (including phenoxy) is 1. The van der Waals surface area contributed by atoms with Crippen LogP contribution in [0.2, 0.25) is 0 Å². The lowest BCUT2D eigenvalue weighted by Gasteiger charge is -2.33. The number of carboxylic acid groups (broad SMARTS) is 1. The number of aliphatic carboxylic acids is 1. The van der Waals surface area contributed by atoms with Crippen molar-refractivity contribution in [3.63, 3.8) is 0 Å². The summed E-state index contributed by atoms with van der Waals surface area (Å²) in [6.45, 7) is 1.39. The maximum Gasteiger partial charge on any atom is 0.328 e. The van der Waals surface area contributed by atoms with Crippen molar-refractivity contribution in [1.82, 2.24) is 10.2 Å². The first-order chi connectivity index (χ1) is 9.18. The highest BCUT2D eigenvalue weighted by Gasteiger charge is 2.32. The van der Waals surface area contributed by atoms with Gasteiger partial charge in [-0.05, 0) is 0 Å². The summed E-state index contributed by atoms with van der Waals surface area (Å²) in [5.74, 6) is 2.30. The van der Waals surface area contributed by atoms with Crippen LogP contribution in [0, 0.1) is 0 Å². The van der Waals surface area contributed by atoms with Gasteiger partial charge in [0.25, 0.3) is 0 Å². The van der Waals surface area contributed by atoms with E-state index in [2.05, 4.69) is 5.32 Å². The van der Waals surface area contributed by atoms with E-state index in [-0.39, 0.29) is 12.6 Å². The Labute approximate surface area is 120 Å². The van der Waals surface area contributed by atoms with Crippen molar-refractivity contribution in [1.29, 1.82) is 0 Å². The van der Waals surface area contributed by atoms with E-state index in [1.807, 2.05) is 23.5 Å². The van der Waals surface area contributed by atoms with Gasteiger partial charge in [0.2, 0.25) is 0 Å². The number of hydrogen-bond acceptors (Lipinski definition) is 5. The smallest absolute Gasteiger partial charge is 0.328 e. The highest BCUT2D eigenvalue weighted by molar-refractivity contribution is 8.06. The molecule has 2 atom stereocenters. The molecule has 0 spiro atoms. The Bertz CT molecular complexity index is 337. The summed E-state index contributed by atoms with van der Waals surface area (Å²) < 4.78 is 5.11. The van der Waals surface area contributed by atoms with Crippen LogP contribution in [0.3, 0.4) is 0 Å². The van der Waals surface area contributed by atoms with Crippen LogP contribution in [0.4, 0.5) is 4.79 Å². The molecule has 0 radical (unpaired) electrons. The molecule has 2 amide bonds. The summed E-state index contributed by atoms with van der Waals surface area (Å²) in [5, 5.41) is 12.3. The molecule has 0 aromatic rings. The van der Waals surface area contributed by atoms with Gasteiger partial charge in [-0.2, -0.15) is 23.5 Å². The lowest BCUT2D eigenvalue weighted by Crippen LogP contribution is -2.56. The topological polar surface area (TPSA) is 78.9 Å². The predicted molar refractivity (Wildman–Crippen MR) is 75.9 cm³/mol. The van der Waals surface area contributed by atoms with E-state index in [4.69, 9.17) is 9.84 Å². The SMILES string of the molecule is O=C(O)C1COCCN1C(=O)NCC1CSCCS1. The monoisotopic (exact) mass is 306 g/mol. The summed E-state index contributed by atoms with van der Waals surface area (Å²) in [6, 6.07) is -1.17. The molecule has 19 heavy (non-hydrogen) atoms.